The minimum absolute atomic E-state index is 0.121. The van der Waals surface area contributed by atoms with E-state index in [1.165, 1.54) is 6.92 Å². The van der Waals surface area contributed by atoms with E-state index in [2.05, 4.69) is 22.1 Å². The van der Waals surface area contributed by atoms with Crippen LogP contribution in [-0.4, -0.2) is 16.4 Å². The Morgan fingerprint density at radius 1 is 1.05 bits per heavy atom. The van der Waals surface area contributed by atoms with Crippen LogP contribution in [0.3, 0.4) is 0 Å². The summed E-state index contributed by atoms with van der Waals surface area (Å²) in [5, 5.41) is 5.57. The fraction of sp³-hybridized carbons (Fsp3) is 0.294. The van der Waals surface area contributed by atoms with Crippen LogP contribution in [0, 0.1) is 13.8 Å². The van der Waals surface area contributed by atoms with Gasteiger partial charge in [-0.05, 0) is 51.1 Å². The van der Waals surface area contributed by atoms with Crippen molar-refractivity contribution in [3.05, 3.63) is 47.3 Å². The van der Waals surface area contributed by atoms with Crippen LogP contribution in [0.15, 0.2) is 30.3 Å². The second-order valence-corrected chi connectivity index (χ2v) is 5.24. The summed E-state index contributed by atoms with van der Waals surface area (Å²) in [7, 11) is 0. The Morgan fingerprint density at radius 3 is 2.05 bits per heavy atom. The lowest BCUT2D eigenvalue weighted by Gasteiger charge is -2.08. The highest BCUT2D eigenvalue weighted by atomic mass is 16.2. The van der Waals surface area contributed by atoms with Gasteiger partial charge < -0.3 is 15.2 Å². The van der Waals surface area contributed by atoms with Crippen molar-refractivity contribution in [1.82, 2.24) is 4.57 Å². The third kappa shape index (κ3) is 3.36. The third-order valence-electron chi connectivity index (χ3n) is 3.60. The van der Waals surface area contributed by atoms with Gasteiger partial charge >= 0.3 is 0 Å². The minimum atomic E-state index is -0.125. The van der Waals surface area contributed by atoms with Crippen LogP contribution in [-0.2, 0) is 11.3 Å². The molecule has 2 rings (SSSR count). The molecule has 0 aliphatic heterocycles. The van der Waals surface area contributed by atoms with Crippen molar-refractivity contribution in [3.8, 4) is 0 Å². The van der Waals surface area contributed by atoms with Gasteiger partial charge in [0.25, 0.3) is 5.91 Å². The normalized spacial score (nSPS) is 10.4. The molecule has 5 nitrogen and oxygen atoms in total. The SMILES string of the molecule is CCn1c(C)cc(C(=O)Nc2ccc(NC(C)=O)cc2)c1C. The second-order valence-electron chi connectivity index (χ2n) is 5.24. The number of amides is 2. The van der Waals surface area contributed by atoms with E-state index in [0.29, 0.717) is 16.9 Å². The van der Waals surface area contributed by atoms with E-state index < -0.39 is 0 Å². The van der Waals surface area contributed by atoms with Crippen molar-refractivity contribution in [1.29, 1.82) is 0 Å². The summed E-state index contributed by atoms with van der Waals surface area (Å²) in [5.41, 5.74) is 4.12. The monoisotopic (exact) mass is 299 g/mol. The van der Waals surface area contributed by atoms with Crippen molar-refractivity contribution < 1.29 is 9.59 Å². The Labute approximate surface area is 130 Å². The van der Waals surface area contributed by atoms with Gasteiger partial charge in [0, 0.05) is 36.2 Å². The average molecular weight is 299 g/mol. The van der Waals surface area contributed by atoms with Gasteiger partial charge in [-0.15, -0.1) is 0 Å². The molecule has 2 amide bonds. The number of benzene rings is 1. The Morgan fingerprint density at radius 2 is 1.59 bits per heavy atom. The molecule has 0 saturated heterocycles. The predicted octanol–water partition coefficient (Wildman–Crippen LogP) is 3.34. The lowest BCUT2D eigenvalue weighted by atomic mass is 10.2. The molecule has 0 aliphatic carbocycles. The molecule has 0 bridgehead atoms. The van der Waals surface area contributed by atoms with Crippen LogP contribution in [0.4, 0.5) is 11.4 Å². The molecule has 0 aliphatic rings. The Bertz CT molecular complexity index is 699. The van der Waals surface area contributed by atoms with Crippen molar-refractivity contribution in [2.45, 2.75) is 34.2 Å². The maximum Gasteiger partial charge on any atom is 0.257 e. The van der Waals surface area contributed by atoms with Gasteiger partial charge in [0.1, 0.15) is 0 Å². The Kier molecular flexibility index (Phi) is 4.65. The lowest BCUT2D eigenvalue weighted by molar-refractivity contribution is -0.114. The summed E-state index contributed by atoms with van der Waals surface area (Å²) >= 11 is 0. The summed E-state index contributed by atoms with van der Waals surface area (Å²) in [5.74, 6) is -0.246. The van der Waals surface area contributed by atoms with Gasteiger partial charge in [0.2, 0.25) is 5.91 Å². The largest absolute Gasteiger partial charge is 0.349 e. The van der Waals surface area contributed by atoms with Crippen LogP contribution < -0.4 is 10.6 Å². The topological polar surface area (TPSA) is 63.1 Å². The summed E-state index contributed by atoms with van der Waals surface area (Å²) in [6.45, 7) is 8.30. The molecular formula is C17H21N3O2. The fourth-order valence-electron chi connectivity index (χ4n) is 2.56. The number of aryl methyl sites for hydroxylation is 1. The predicted molar refractivity (Wildman–Crippen MR) is 88.3 cm³/mol. The molecular weight excluding hydrogens is 278 g/mol. The Hall–Kier alpha value is -2.56. The van der Waals surface area contributed by atoms with Crippen LogP contribution >= 0.6 is 0 Å². The lowest BCUT2D eigenvalue weighted by Crippen LogP contribution is -2.13. The molecule has 2 aromatic rings. The maximum absolute atomic E-state index is 12.4. The number of hydrogen-bond acceptors (Lipinski definition) is 2. The number of carbonyl (C=O) groups is 2. The summed E-state index contributed by atoms with van der Waals surface area (Å²) in [6.07, 6.45) is 0. The number of hydrogen-bond donors (Lipinski definition) is 2. The molecule has 0 atom stereocenters. The molecule has 0 saturated carbocycles. The molecule has 1 aromatic heterocycles. The van der Waals surface area contributed by atoms with Gasteiger partial charge in [-0.3, -0.25) is 9.59 Å². The van der Waals surface area contributed by atoms with E-state index in [0.717, 1.165) is 17.9 Å². The molecule has 1 aromatic carbocycles. The maximum atomic E-state index is 12.4. The van der Waals surface area contributed by atoms with Gasteiger partial charge in [0.05, 0.1) is 5.56 Å². The number of carbonyl (C=O) groups excluding carboxylic acids is 2. The highest BCUT2D eigenvalue weighted by molar-refractivity contribution is 6.05. The molecule has 116 valence electrons. The first-order valence-corrected chi connectivity index (χ1v) is 7.28. The van der Waals surface area contributed by atoms with Crippen LogP contribution in [0.1, 0.15) is 35.6 Å². The van der Waals surface area contributed by atoms with E-state index in [9.17, 15) is 9.59 Å². The van der Waals surface area contributed by atoms with Crippen molar-refractivity contribution in [2.75, 3.05) is 10.6 Å². The van der Waals surface area contributed by atoms with Gasteiger partial charge in [-0.1, -0.05) is 0 Å². The van der Waals surface area contributed by atoms with Gasteiger partial charge in [-0.2, -0.15) is 0 Å². The summed E-state index contributed by atoms with van der Waals surface area (Å²) in [6, 6.07) is 8.95. The number of nitrogens with zero attached hydrogens (tertiary/aromatic N) is 1. The van der Waals surface area contributed by atoms with Crippen molar-refractivity contribution in [2.24, 2.45) is 0 Å². The third-order valence-corrected chi connectivity index (χ3v) is 3.60. The highest BCUT2D eigenvalue weighted by Crippen LogP contribution is 2.18. The Balaban J connectivity index is 2.13. The number of anilines is 2. The van der Waals surface area contributed by atoms with Gasteiger partial charge in [-0.25, -0.2) is 0 Å². The van der Waals surface area contributed by atoms with E-state index in [4.69, 9.17) is 0 Å². The number of nitrogens with one attached hydrogen (secondary N) is 2. The van der Waals surface area contributed by atoms with Crippen LogP contribution in [0.2, 0.25) is 0 Å². The van der Waals surface area contributed by atoms with E-state index in [1.54, 1.807) is 24.3 Å². The van der Waals surface area contributed by atoms with Crippen LogP contribution in [0.25, 0.3) is 0 Å². The van der Waals surface area contributed by atoms with Crippen molar-refractivity contribution >= 4 is 23.2 Å². The zero-order valence-electron chi connectivity index (χ0n) is 13.4. The molecule has 22 heavy (non-hydrogen) atoms. The number of rotatable bonds is 4. The quantitative estimate of drug-likeness (QED) is 0.909. The zero-order valence-corrected chi connectivity index (χ0v) is 13.4. The standard InChI is InChI=1S/C17H21N3O2/c1-5-20-11(2)10-16(12(20)3)17(22)19-15-8-6-14(7-9-15)18-13(4)21/h6-10H,5H2,1-4H3,(H,18,21)(H,19,22). The zero-order chi connectivity index (χ0) is 16.3. The van der Waals surface area contributed by atoms with Gasteiger partial charge in [0.15, 0.2) is 0 Å². The molecule has 5 heteroatoms. The minimum Gasteiger partial charge on any atom is -0.349 e. The molecule has 0 radical (unpaired) electrons. The molecule has 1 heterocycles. The molecule has 2 N–H and O–H groups in total. The van der Waals surface area contributed by atoms with Crippen LogP contribution in [0.5, 0.6) is 0 Å². The van der Waals surface area contributed by atoms with E-state index >= 15 is 0 Å². The molecule has 0 fully saturated rings. The first kappa shape index (κ1) is 15.8. The first-order chi connectivity index (χ1) is 10.4. The molecule has 0 spiro atoms. The van der Waals surface area contributed by atoms with E-state index in [1.807, 2.05) is 19.9 Å². The first-order valence-electron chi connectivity index (χ1n) is 7.28. The highest BCUT2D eigenvalue weighted by Gasteiger charge is 2.15. The molecule has 0 unspecified atom stereocenters. The number of aromatic nitrogens is 1. The fourth-order valence-corrected chi connectivity index (χ4v) is 2.56. The average Bonchev–Trinajstić information content (AvgIpc) is 2.75. The van der Waals surface area contributed by atoms with E-state index in [-0.39, 0.29) is 11.8 Å². The second kappa shape index (κ2) is 6.47. The summed E-state index contributed by atoms with van der Waals surface area (Å²) in [4.78, 5) is 23.4. The van der Waals surface area contributed by atoms with Crippen molar-refractivity contribution in [3.63, 3.8) is 0 Å². The summed E-state index contributed by atoms with van der Waals surface area (Å²) < 4.78 is 2.11. The smallest absolute Gasteiger partial charge is 0.257 e.